The summed E-state index contributed by atoms with van der Waals surface area (Å²) in [5, 5.41) is 16.7. The van der Waals surface area contributed by atoms with E-state index in [1.54, 1.807) is 0 Å². The molecule has 0 bridgehead atoms. The molecule has 0 atom stereocenters. The van der Waals surface area contributed by atoms with Gasteiger partial charge in [-0.1, -0.05) is 48.9 Å². The number of benzene rings is 1. The molecule has 1 aromatic carbocycles. The van der Waals surface area contributed by atoms with Crippen molar-refractivity contribution in [3.05, 3.63) is 29.3 Å². The predicted molar refractivity (Wildman–Crippen MR) is 101 cm³/mol. The molecular formula is C20H29ClN2O. The maximum Gasteiger partial charge on any atom is 0.146 e. The van der Waals surface area contributed by atoms with Crippen molar-refractivity contribution in [3.8, 4) is 0 Å². The van der Waals surface area contributed by atoms with Crippen LogP contribution < -0.4 is 5.32 Å². The van der Waals surface area contributed by atoms with Crippen molar-refractivity contribution in [3.63, 3.8) is 0 Å². The molecule has 0 heterocycles. The number of halogens is 1. The first-order valence-corrected chi connectivity index (χ1v) is 9.86. The summed E-state index contributed by atoms with van der Waals surface area (Å²) < 4.78 is 0. The fourth-order valence-corrected chi connectivity index (χ4v) is 4.69. The molecule has 2 N–H and O–H groups in total. The number of anilines is 1. The van der Waals surface area contributed by atoms with Gasteiger partial charge in [0.25, 0.3) is 0 Å². The summed E-state index contributed by atoms with van der Waals surface area (Å²) in [5.74, 6) is 3.23. The Bertz CT molecular complexity index is 529. The van der Waals surface area contributed by atoms with Gasteiger partial charge >= 0.3 is 0 Å². The lowest BCUT2D eigenvalue weighted by Gasteiger charge is -2.36. The monoisotopic (exact) mass is 348 g/mol. The van der Waals surface area contributed by atoms with Gasteiger partial charge in [-0.15, -0.1) is 0 Å². The van der Waals surface area contributed by atoms with Crippen LogP contribution in [-0.4, -0.2) is 11.0 Å². The van der Waals surface area contributed by atoms with Crippen molar-refractivity contribution in [2.75, 3.05) is 5.32 Å². The quantitative estimate of drug-likeness (QED) is 0.289. The molecule has 0 saturated heterocycles. The third-order valence-corrected chi connectivity index (χ3v) is 6.20. The van der Waals surface area contributed by atoms with Gasteiger partial charge in [0, 0.05) is 17.1 Å². The zero-order valence-corrected chi connectivity index (χ0v) is 15.1. The van der Waals surface area contributed by atoms with E-state index in [1.165, 1.54) is 57.8 Å². The number of hydrogen-bond acceptors (Lipinski definition) is 2. The van der Waals surface area contributed by atoms with Gasteiger partial charge in [-0.2, -0.15) is 0 Å². The molecule has 4 heteroatoms. The van der Waals surface area contributed by atoms with Crippen LogP contribution in [0.4, 0.5) is 5.69 Å². The molecule has 3 rings (SSSR count). The topological polar surface area (TPSA) is 44.6 Å². The lowest BCUT2D eigenvalue weighted by molar-refractivity contribution is 0.169. The summed E-state index contributed by atoms with van der Waals surface area (Å²) in [7, 11) is 0. The van der Waals surface area contributed by atoms with Crippen LogP contribution in [0, 0.1) is 17.8 Å². The van der Waals surface area contributed by atoms with Crippen molar-refractivity contribution in [2.45, 2.75) is 64.2 Å². The molecule has 132 valence electrons. The number of amidine groups is 1. The van der Waals surface area contributed by atoms with Crippen LogP contribution in [0.25, 0.3) is 0 Å². The first-order chi connectivity index (χ1) is 11.7. The minimum atomic E-state index is 0.635. The molecule has 2 aliphatic rings. The van der Waals surface area contributed by atoms with Crippen LogP contribution in [0.1, 0.15) is 64.2 Å². The minimum Gasteiger partial charge on any atom is -0.409 e. The fourth-order valence-electron chi connectivity index (χ4n) is 4.56. The van der Waals surface area contributed by atoms with Crippen molar-refractivity contribution in [1.29, 1.82) is 0 Å². The molecule has 2 fully saturated rings. The van der Waals surface area contributed by atoms with Gasteiger partial charge in [0.2, 0.25) is 0 Å². The van der Waals surface area contributed by atoms with Crippen molar-refractivity contribution in [1.82, 2.24) is 0 Å². The van der Waals surface area contributed by atoms with Crippen molar-refractivity contribution in [2.24, 2.45) is 22.9 Å². The lowest BCUT2D eigenvalue weighted by atomic mass is 9.70. The SMILES string of the molecule is O/N=C(/C[C@H]1CC[C@@H](C2CCCCC2)CC1)Nc1ccc(Cl)cc1. The highest BCUT2D eigenvalue weighted by Gasteiger charge is 2.29. The normalized spacial score (nSPS) is 26.3. The molecule has 2 aliphatic carbocycles. The average molecular weight is 349 g/mol. The van der Waals surface area contributed by atoms with Crippen LogP contribution in [0.2, 0.25) is 5.02 Å². The van der Waals surface area contributed by atoms with E-state index in [1.807, 2.05) is 24.3 Å². The second-order valence-electron chi connectivity index (χ2n) is 7.56. The van der Waals surface area contributed by atoms with Crippen LogP contribution in [-0.2, 0) is 0 Å². The highest BCUT2D eigenvalue weighted by atomic mass is 35.5. The molecule has 2 saturated carbocycles. The molecule has 0 aromatic heterocycles. The van der Waals surface area contributed by atoms with E-state index < -0.39 is 0 Å². The summed E-state index contributed by atoms with van der Waals surface area (Å²) >= 11 is 5.91. The van der Waals surface area contributed by atoms with Gasteiger partial charge in [-0.05, 0) is 67.7 Å². The smallest absolute Gasteiger partial charge is 0.146 e. The molecular weight excluding hydrogens is 320 g/mol. The van der Waals surface area contributed by atoms with E-state index in [4.69, 9.17) is 11.6 Å². The summed E-state index contributed by atoms with van der Waals surface area (Å²) in [6.45, 7) is 0. The van der Waals surface area contributed by atoms with Gasteiger partial charge in [0.05, 0.1) is 0 Å². The van der Waals surface area contributed by atoms with Gasteiger partial charge in [0.15, 0.2) is 0 Å². The molecule has 0 spiro atoms. The van der Waals surface area contributed by atoms with Gasteiger partial charge in [-0.25, -0.2) is 0 Å². The van der Waals surface area contributed by atoms with Gasteiger partial charge in [0.1, 0.15) is 5.84 Å². The fraction of sp³-hybridized carbons (Fsp3) is 0.650. The van der Waals surface area contributed by atoms with E-state index in [9.17, 15) is 5.21 Å². The second kappa shape index (κ2) is 8.75. The summed E-state index contributed by atoms with van der Waals surface area (Å²) in [4.78, 5) is 0. The Labute approximate surface area is 150 Å². The summed E-state index contributed by atoms with van der Waals surface area (Å²) in [5.41, 5.74) is 0.920. The lowest BCUT2D eigenvalue weighted by Crippen LogP contribution is -2.26. The number of hydrogen-bond donors (Lipinski definition) is 2. The maximum absolute atomic E-state index is 9.33. The van der Waals surface area contributed by atoms with Crippen LogP contribution >= 0.6 is 11.6 Å². The Balaban J connectivity index is 1.46. The molecule has 0 aliphatic heterocycles. The van der Waals surface area contributed by atoms with E-state index in [0.717, 1.165) is 23.9 Å². The molecule has 0 unspecified atom stereocenters. The maximum atomic E-state index is 9.33. The summed E-state index contributed by atoms with van der Waals surface area (Å²) in [6, 6.07) is 7.50. The minimum absolute atomic E-state index is 0.635. The number of oxime groups is 1. The Morgan fingerprint density at radius 2 is 1.58 bits per heavy atom. The first-order valence-electron chi connectivity index (χ1n) is 9.48. The van der Waals surface area contributed by atoms with E-state index >= 15 is 0 Å². The van der Waals surface area contributed by atoms with Crippen LogP contribution in [0.5, 0.6) is 0 Å². The first kappa shape index (κ1) is 17.6. The molecule has 1 aromatic rings. The van der Waals surface area contributed by atoms with E-state index in [2.05, 4.69) is 10.5 Å². The summed E-state index contributed by atoms with van der Waals surface area (Å²) in [6.07, 6.45) is 13.3. The van der Waals surface area contributed by atoms with Crippen molar-refractivity contribution < 1.29 is 5.21 Å². The van der Waals surface area contributed by atoms with Crippen molar-refractivity contribution >= 4 is 23.1 Å². The third-order valence-electron chi connectivity index (χ3n) is 5.94. The molecule has 24 heavy (non-hydrogen) atoms. The standard InChI is InChI=1S/C20H29ClN2O/c21-18-10-12-19(13-11-18)22-20(23-24)14-15-6-8-17(9-7-15)16-4-2-1-3-5-16/h10-13,15-17,24H,1-9,14H2,(H,22,23)/t15-,17+. The third kappa shape index (κ3) is 4.89. The number of rotatable bonds is 4. The largest absolute Gasteiger partial charge is 0.409 e. The van der Waals surface area contributed by atoms with Crippen LogP contribution in [0.3, 0.4) is 0 Å². The van der Waals surface area contributed by atoms with E-state index in [-0.39, 0.29) is 0 Å². The van der Waals surface area contributed by atoms with Gasteiger partial charge < -0.3 is 10.5 Å². The Morgan fingerprint density at radius 1 is 0.958 bits per heavy atom. The highest BCUT2D eigenvalue weighted by Crippen LogP contribution is 2.40. The molecule has 3 nitrogen and oxygen atoms in total. The average Bonchev–Trinajstić information content (AvgIpc) is 2.64. The van der Waals surface area contributed by atoms with Gasteiger partial charge in [-0.3, -0.25) is 0 Å². The zero-order chi connectivity index (χ0) is 16.8. The number of nitrogens with zero attached hydrogens (tertiary/aromatic N) is 1. The second-order valence-corrected chi connectivity index (χ2v) is 8.00. The Kier molecular flexibility index (Phi) is 6.42. The number of nitrogens with one attached hydrogen (secondary N) is 1. The zero-order valence-electron chi connectivity index (χ0n) is 14.4. The predicted octanol–water partition coefficient (Wildman–Crippen LogP) is 6.32. The molecule has 0 radical (unpaired) electrons. The Hall–Kier alpha value is -1.22. The van der Waals surface area contributed by atoms with E-state index in [0.29, 0.717) is 16.8 Å². The highest BCUT2D eigenvalue weighted by molar-refractivity contribution is 6.30. The van der Waals surface area contributed by atoms with Crippen LogP contribution in [0.15, 0.2) is 29.4 Å². The molecule has 0 amide bonds. The Morgan fingerprint density at radius 3 is 2.21 bits per heavy atom.